The summed E-state index contributed by atoms with van der Waals surface area (Å²) >= 11 is 12.9. The number of ether oxygens (including phenoxy) is 2. The number of hydrogen-bond donors (Lipinski definition) is 0. The molecule has 2 aromatic carbocycles. The van der Waals surface area contributed by atoms with Gasteiger partial charge in [0.05, 0.1) is 19.1 Å². The summed E-state index contributed by atoms with van der Waals surface area (Å²) in [5.41, 5.74) is 1.84. The van der Waals surface area contributed by atoms with E-state index in [2.05, 4.69) is 0 Å². The first-order valence-electron chi connectivity index (χ1n) is 8.24. The Balaban J connectivity index is 1.72. The molecule has 1 saturated heterocycles. The summed E-state index contributed by atoms with van der Waals surface area (Å²) in [6.07, 6.45) is 2.45. The van der Waals surface area contributed by atoms with E-state index in [1.54, 1.807) is 31.3 Å². The van der Waals surface area contributed by atoms with E-state index in [9.17, 15) is 4.79 Å². The maximum Gasteiger partial charge on any atom is 0.266 e. The quantitative estimate of drug-likeness (QED) is 0.496. The molecule has 1 aliphatic heterocycles. The van der Waals surface area contributed by atoms with E-state index in [1.165, 1.54) is 11.8 Å². The van der Waals surface area contributed by atoms with Gasteiger partial charge in [-0.1, -0.05) is 59.8 Å². The molecule has 1 heterocycles. The predicted octanol–water partition coefficient (Wildman–Crippen LogP) is 4.80. The van der Waals surface area contributed by atoms with E-state index in [1.807, 2.05) is 36.4 Å². The van der Waals surface area contributed by atoms with E-state index < -0.39 is 0 Å². The standard InChI is InChI=1S/C20H18ClNO3S2/c1-24-16-8-7-13(11-17(16)25-2)9-10-22-19(23)18(27-20(22)26)12-14-5-3-4-6-15(14)21/h3-8,11-12H,9-10H2,1-2H3/b18-12-. The van der Waals surface area contributed by atoms with Crippen molar-refractivity contribution >= 4 is 51.9 Å². The number of carbonyl (C=O) groups excluding carboxylic acids is 1. The number of benzene rings is 2. The highest BCUT2D eigenvalue weighted by molar-refractivity contribution is 8.26. The Labute approximate surface area is 173 Å². The van der Waals surface area contributed by atoms with Gasteiger partial charge in [-0.3, -0.25) is 9.69 Å². The van der Waals surface area contributed by atoms with Crippen LogP contribution in [0, 0.1) is 0 Å². The third-order valence-electron chi connectivity index (χ3n) is 4.14. The molecule has 1 aliphatic rings. The van der Waals surface area contributed by atoms with Gasteiger partial charge < -0.3 is 9.47 Å². The van der Waals surface area contributed by atoms with Crippen molar-refractivity contribution in [3.05, 3.63) is 63.5 Å². The van der Waals surface area contributed by atoms with Crippen molar-refractivity contribution in [2.45, 2.75) is 6.42 Å². The summed E-state index contributed by atoms with van der Waals surface area (Å²) in [6.45, 7) is 0.500. The van der Waals surface area contributed by atoms with E-state index in [0.29, 0.717) is 38.7 Å². The maximum absolute atomic E-state index is 12.7. The lowest BCUT2D eigenvalue weighted by Gasteiger charge is -2.15. The number of thiocarbonyl (C=S) groups is 1. The van der Waals surface area contributed by atoms with Crippen molar-refractivity contribution < 1.29 is 14.3 Å². The minimum Gasteiger partial charge on any atom is -0.493 e. The second-order valence-electron chi connectivity index (χ2n) is 5.79. The molecule has 1 amide bonds. The van der Waals surface area contributed by atoms with Gasteiger partial charge in [-0.25, -0.2) is 0 Å². The predicted molar refractivity (Wildman–Crippen MR) is 115 cm³/mol. The molecule has 0 N–H and O–H groups in total. The largest absolute Gasteiger partial charge is 0.493 e. The van der Waals surface area contributed by atoms with Crippen molar-refractivity contribution in [3.63, 3.8) is 0 Å². The summed E-state index contributed by atoms with van der Waals surface area (Å²) in [6, 6.07) is 13.1. The highest BCUT2D eigenvalue weighted by atomic mass is 35.5. The molecule has 0 bridgehead atoms. The molecule has 0 saturated carbocycles. The van der Waals surface area contributed by atoms with Crippen LogP contribution in [0.2, 0.25) is 5.02 Å². The Morgan fingerprint density at radius 2 is 1.89 bits per heavy atom. The first-order chi connectivity index (χ1) is 13.0. The summed E-state index contributed by atoms with van der Waals surface area (Å²) in [4.78, 5) is 14.9. The lowest BCUT2D eigenvalue weighted by molar-refractivity contribution is -0.122. The second kappa shape index (κ2) is 8.78. The van der Waals surface area contributed by atoms with Crippen LogP contribution in [-0.2, 0) is 11.2 Å². The molecule has 7 heteroatoms. The number of carbonyl (C=O) groups is 1. The number of hydrogen-bond acceptors (Lipinski definition) is 5. The van der Waals surface area contributed by atoms with Gasteiger partial charge >= 0.3 is 0 Å². The first-order valence-corrected chi connectivity index (χ1v) is 9.84. The third-order valence-corrected chi connectivity index (χ3v) is 5.86. The van der Waals surface area contributed by atoms with Crippen molar-refractivity contribution in [2.24, 2.45) is 0 Å². The van der Waals surface area contributed by atoms with Crippen LogP contribution < -0.4 is 9.47 Å². The van der Waals surface area contributed by atoms with Crippen LogP contribution in [0.1, 0.15) is 11.1 Å². The summed E-state index contributed by atoms with van der Waals surface area (Å²) < 4.78 is 11.1. The molecule has 0 spiro atoms. The van der Waals surface area contributed by atoms with Crippen LogP contribution in [0.5, 0.6) is 11.5 Å². The zero-order valence-corrected chi connectivity index (χ0v) is 17.3. The van der Waals surface area contributed by atoms with Gasteiger partial charge in [-0.05, 0) is 41.8 Å². The average molecular weight is 420 g/mol. The number of thioether (sulfide) groups is 1. The van der Waals surface area contributed by atoms with Crippen molar-refractivity contribution in [3.8, 4) is 11.5 Å². The summed E-state index contributed by atoms with van der Waals surface area (Å²) in [5, 5.41) is 0.605. The fraction of sp³-hybridized carbons (Fsp3) is 0.200. The number of rotatable bonds is 6. The molecule has 0 atom stereocenters. The maximum atomic E-state index is 12.7. The fourth-order valence-corrected chi connectivity index (χ4v) is 4.19. The second-order valence-corrected chi connectivity index (χ2v) is 7.88. The fourth-order valence-electron chi connectivity index (χ4n) is 2.70. The first kappa shape index (κ1) is 19.7. The zero-order chi connectivity index (χ0) is 19.4. The minimum atomic E-state index is -0.0922. The third kappa shape index (κ3) is 4.46. The molecule has 1 fully saturated rings. The monoisotopic (exact) mass is 419 g/mol. The van der Waals surface area contributed by atoms with Gasteiger partial charge in [-0.15, -0.1) is 0 Å². The molecule has 0 aromatic heterocycles. The zero-order valence-electron chi connectivity index (χ0n) is 14.9. The Kier molecular flexibility index (Phi) is 6.42. The Morgan fingerprint density at radius 3 is 2.59 bits per heavy atom. The SMILES string of the molecule is COc1ccc(CCN2C(=O)/C(=C/c3ccccc3Cl)SC2=S)cc1OC. The number of methoxy groups -OCH3 is 2. The van der Waals surface area contributed by atoms with Crippen LogP contribution in [-0.4, -0.2) is 35.9 Å². The van der Waals surface area contributed by atoms with E-state index >= 15 is 0 Å². The number of halogens is 1. The van der Waals surface area contributed by atoms with Crippen LogP contribution in [0.15, 0.2) is 47.4 Å². The van der Waals surface area contributed by atoms with Crippen LogP contribution in [0.3, 0.4) is 0 Å². The molecule has 0 aliphatic carbocycles. The lowest BCUT2D eigenvalue weighted by Crippen LogP contribution is -2.30. The van der Waals surface area contributed by atoms with Gasteiger partial charge in [0.15, 0.2) is 11.5 Å². The van der Waals surface area contributed by atoms with Gasteiger partial charge in [0.25, 0.3) is 5.91 Å². The number of nitrogens with zero attached hydrogens (tertiary/aromatic N) is 1. The van der Waals surface area contributed by atoms with Crippen LogP contribution in [0.4, 0.5) is 0 Å². The topological polar surface area (TPSA) is 38.8 Å². The Morgan fingerprint density at radius 1 is 1.15 bits per heavy atom. The highest BCUT2D eigenvalue weighted by Gasteiger charge is 2.31. The smallest absolute Gasteiger partial charge is 0.266 e. The highest BCUT2D eigenvalue weighted by Crippen LogP contribution is 2.34. The van der Waals surface area contributed by atoms with Crippen LogP contribution in [0.25, 0.3) is 6.08 Å². The molecule has 0 unspecified atom stereocenters. The molecule has 3 rings (SSSR count). The van der Waals surface area contributed by atoms with Crippen molar-refractivity contribution in [1.29, 1.82) is 0 Å². The Hall–Kier alpha value is -2.02. The molecule has 27 heavy (non-hydrogen) atoms. The molecule has 2 aromatic rings. The van der Waals surface area contributed by atoms with E-state index in [0.717, 1.165) is 11.1 Å². The van der Waals surface area contributed by atoms with Gasteiger partial charge in [0.2, 0.25) is 0 Å². The van der Waals surface area contributed by atoms with Crippen molar-refractivity contribution in [1.82, 2.24) is 4.90 Å². The van der Waals surface area contributed by atoms with Gasteiger partial charge in [0, 0.05) is 11.6 Å². The molecule has 4 nitrogen and oxygen atoms in total. The molecule has 140 valence electrons. The van der Waals surface area contributed by atoms with Crippen molar-refractivity contribution in [2.75, 3.05) is 20.8 Å². The molecule has 0 radical (unpaired) electrons. The summed E-state index contributed by atoms with van der Waals surface area (Å²) in [5.74, 6) is 1.25. The van der Waals surface area contributed by atoms with E-state index in [-0.39, 0.29) is 5.91 Å². The average Bonchev–Trinajstić information content (AvgIpc) is 2.94. The molecular weight excluding hydrogens is 402 g/mol. The number of amides is 1. The van der Waals surface area contributed by atoms with Gasteiger partial charge in [0.1, 0.15) is 4.32 Å². The summed E-state index contributed by atoms with van der Waals surface area (Å²) in [7, 11) is 3.20. The lowest BCUT2D eigenvalue weighted by atomic mass is 10.1. The van der Waals surface area contributed by atoms with E-state index in [4.69, 9.17) is 33.3 Å². The van der Waals surface area contributed by atoms with Crippen LogP contribution >= 0.6 is 35.6 Å². The Bertz CT molecular complexity index is 914. The van der Waals surface area contributed by atoms with Gasteiger partial charge in [-0.2, -0.15) is 0 Å². The molecular formula is C20H18ClNO3S2. The minimum absolute atomic E-state index is 0.0922. The normalized spacial score (nSPS) is 15.5.